The van der Waals surface area contributed by atoms with E-state index in [1.165, 1.54) is 24.3 Å². The lowest BCUT2D eigenvalue weighted by Gasteiger charge is -2.15. The van der Waals surface area contributed by atoms with Crippen LogP contribution in [0.4, 0.5) is 28.9 Å². The van der Waals surface area contributed by atoms with Gasteiger partial charge in [-0.2, -0.15) is 13.2 Å². The number of rotatable bonds is 7. The lowest BCUT2D eigenvalue weighted by atomic mass is 9.99. The molecule has 7 nitrogen and oxygen atoms in total. The second kappa shape index (κ2) is 10.7. The lowest BCUT2D eigenvalue weighted by molar-refractivity contribution is -0.388. The molecule has 0 radical (unpaired) electrons. The van der Waals surface area contributed by atoms with Crippen molar-refractivity contribution >= 4 is 23.1 Å². The molecule has 11 heteroatoms. The Morgan fingerprint density at radius 1 is 0.897 bits per heavy atom. The summed E-state index contributed by atoms with van der Waals surface area (Å²) in [6.45, 7) is 1.82. The first-order valence-electron chi connectivity index (χ1n) is 11.3. The highest BCUT2D eigenvalue weighted by atomic mass is 19.4. The van der Waals surface area contributed by atoms with E-state index in [2.05, 4.69) is 5.32 Å². The number of hydrogen-bond acceptors (Lipinski definition) is 5. The Morgan fingerprint density at radius 2 is 1.54 bits per heavy atom. The van der Waals surface area contributed by atoms with Gasteiger partial charge in [0.05, 0.1) is 16.1 Å². The van der Waals surface area contributed by atoms with Gasteiger partial charge < -0.3 is 10.1 Å². The minimum Gasteiger partial charge on any atom is -0.453 e. The van der Waals surface area contributed by atoms with Crippen molar-refractivity contribution in [2.24, 2.45) is 0 Å². The van der Waals surface area contributed by atoms with Crippen molar-refractivity contribution in [1.29, 1.82) is 0 Å². The van der Waals surface area contributed by atoms with Crippen LogP contribution in [0.5, 0.6) is 11.5 Å². The van der Waals surface area contributed by atoms with Gasteiger partial charge in [0.25, 0.3) is 11.6 Å². The van der Waals surface area contributed by atoms with Crippen LogP contribution >= 0.6 is 0 Å². The molecule has 198 valence electrons. The number of benzene rings is 4. The number of nitrogens with one attached hydrogen (secondary N) is 1. The lowest BCUT2D eigenvalue weighted by Crippen LogP contribution is -2.17. The predicted molar refractivity (Wildman–Crippen MR) is 134 cm³/mol. The smallest absolute Gasteiger partial charge is 0.423 e. The van der Waals surface area contributed by atoms with Crippen molar-refractivity contribution in [3.05, 3.63) is 129 Å². The van der Waals surface area contributed by atoms with Crippen LogP contribution in [-0.2, 0) is 6.18 Å². The van der Waals surface area contributed by atoms with Crippen molar-refractivity contribution in [2.75, 3.05) is 5.32 Å². The zero-order valence-electron chi connectivity index (χ0n) is 20.1. The largest absolute Gasteiger partial charge is 0.453 e. The van der Waals surface area contributed by atoms with Crippen LogP contribution in [0.25, 0.3) is 0 Å². The number of nitrogens with zero attached hydrogens (tertiary/aromatic N) is 1. The fourth-order valence-electron chi connectivity index (χ4n) is 3.68. The molecule has 0 saturated carbocycles. The third-order valence-corrected chi connectivity index (χ3v) is 5.62. The van der Waals surface area contributed by atoms with E-state index in [4.69, 9.17) is 4.74 Å². The SMILES string of the molecule is Cc1ccc(C(=O)c2ccc(C(=O)Nc3ccc([N+](=O)[O-])c(C(F)(F)F)c3)c(Oc3ccccc3)c2F)cc1. The maximum atomic E-state index is 15.7. The van der Waals surface area contributed by atoms with Crippen LogP contribution in [0.3, 0.4) is 0 Å². The molecule has 39 heavy (non-hydrogen) atoms. The number of halogens is 4. The Morgan fingerprint density at radius 3 is 2.15 bits per heavy atom. The molecule has 0 fully saturated rings. The molecule has 1 amide bonds. The molecule has 0 bridgehead atoms. The van der Waals surface area contributed by atoms with E-state index in [-0.39, 0.29) is 11.3 Å². The third-order valence-electron chi connectivity index (χ3n) is 5.62. The van der Waals surface area contributed by atoms with E-state index < -0.39 is 62.4 Å². The Kier molecular flexibility index (Phi) is 7.43. The summed E-state index contributed by atoms with van der Waals surface area (Å²) in [4.78, 5) is 35.9. The van der Waals surface area contributed by atoms with Crippen LogP contribution in [0, 0.1) is 22.9 Å². The molecule has 0 spiro atoms. The molecule has 4 aromatic rings. The molecular weight excluding hydrogens is 520 g/mol. The van der Waals surface area contributed by atoms with E-state index in [1.54, 1.807) is 30.3 Å². The summed E-state index contributed by atoms with van der Waals surface area (Å²) in [7, 11) is 0. The van der Waals surface area contributed by atoms with Gasteiger partial charge in [0.15, 0.2) is 17.3 Å². The van der Waals surface area contributed by atoms with Gasteiger partial charge in [-0.1, -0.05) is 48.0 Å². The predicted octanol–water partition coefficient (Wildman–Crippen LogP) is 7.34. The van der Waals surface area contributed by atoms with E-state index in [0.29, 0.717) is 12.1 Å². The second-order valence-corrected chi connectivity index (χ2v) is 8.35. The zero-order chi connectivity index (χ0) is 28.3. The summed E-state index contributed by atoms with van der Waals surface area (Å²) in [5.74, 6) is -3.41. The quantitative estimate of drug-likeness (QED) is 0.115. The highest BCUT2D eigenvalue weighted by Gasteiger charge is 2.38. The fourth-order valence-corrected chi connectivity index (χ4v) is 3.68. The minimum atomic E-state index is -5.07. The monoisotopic (exact) mass is 538 g/mol. The average Bonchev–Trinajstić information content (AvgIpc) is 2.89. The number of para-hydroxylation sites is 1. The number of anilines is 1. The molecular formula is C28H18F4N2O5. The first kappa shape index (κ1) is 27.0. The Labute approximate surface area is 218 Å². The first-order chi connectivity index (χ1) is 18.5. The van der Waals surface area contributed by atoms with Gasteiger partial charge in [-0.25, -0.2) is 4.39 Å². The second-order valence-electron chi connectivity index (χ2n) is 8.35. The van der Waals surface area contributed by atoms with E-state index in [9.17, 15) is 32.9 Å². The number of hydrogen-bond donors (Lipinski definition) is 1. The molecule has 1 N–H and O–H groups in total. The van der Waals surface area contributed by atoms with Gasteiger partial charge in [0.1, 0.15) is 11.3 Å². The molecule has 4 rings (SSSR count). The molecule has 0 saturated heterocycles. The molecule has 0 aliphatic rings. The summed E-state index contributed by atoms with van der Waals surface area (Å²) in [6.07, 6.45) is -5.07. The van der Waals surface area contributed by atoms with Crippen LogP contribution in [0.1, 0.15) is 37.4 Å². The Balaban J connectivity index is 1.75. The van der Waals surface area contributed by atoms with Crippen LogP contribution in [0.15, 0.2) is 84.9 Å². The standard InChI is InChI=1S/C28H18F4N2O5/c1-16-7-9-17(10-8-16)25(35)20-12-13-21(26(24(20)29)39-19-5-3-2-4-6-19)27(36)33-18-11-14-23(34(37)38)22(15-18)28(30,31)32/h2-15H,1H3,(H,33,36). The number of ketones is 1. The van der Waals surface area contributed by atoms with E-state index in [0.717, 1.165) is 23.8 Å². The van der Waals surface area contributed by atoms with Crippen LogP contribution in [0.2, 0.25) is 0 Å². The molecule has 0 heterocycles. The average molecular weight is 538 g/mol. The number of nitro benzene ring substituents is 1. The number of carbonyl (C=O) groups is 2. The summed E-state index contributed by atoms with van der Waals surface area (Å²) >= 11 is 0. The van der Waals surface area contributed by atoms with Crippen molar-refractivity contribution in [1.82, 2.24) is 0 Å². The topological polar surface area (TPSA) is 98.5 Å². The molecule has 0 atom stereocenters. The minimum absolute atomic E-state index is 0.125. The summed E-state index contributed by atoms with van der Waals surface area (Å²) in [6, 6.07) is 18.3. The van der Waals surface area contributed by atoms with Crippen molar-refractivity contribution in [3.63, 3.8) is 0 Å². The molecule has 0 aliphatic carbocycles. The van der Waals surface area contributed by atoms with Crippen LogP contribution in [-0.4, -0.2) is 16.6 Å². The van der Waals surface area contributed by atoms with Gasteiger partial charge in [-0.05, 0) is 43.3 Å². The first-order valence-corrected chi connectivity index (χ1v) is 11.3. The van der Waals surface area contributed by atoms with Crippen LogP contribution < -0.4 is 10.1 Å². The number of nitro groups is 1. The Bertz CT molecular complexity index is 1570. The Hall–Kier alpha value is -5.06. The maximum absolute atomic E-state index is 15.7. The summed E-state index contributed by atoms with van der Waals surface area (Å²) in [5.41, 5.74) is -2.95. The number of aryl methyl sites for hydroxylation is 1. The molecule has 4 aromatic carbocycles. The van der Waals surface area contributed by atoms with Crippen molar-refractivity contribution < 1.29 is 36.8 Å². The number of ether oxygens (including phenoxy) is 1. The maximum Gasteiger partial charge on any atom is 0.423 e. The zero-order valence-corrected chi connectivity index (χ0v) is 20.1. The van der Waals surface area contributed by atoms with Gasteiger partial charge in [0.2, 0.25) is 0 Å². The summed E-state index contributed by atoms with van der Waals surface area (Å²) < 4.78 is 61.5. The fraction of sp³-hybridized carbons (Fsp3) is 0.0714. The molecule has 0 aromatic heterocycles. The number of carbonyl (C=O) groups excluding carboxylic acids is 2. The van der Waals surface area contributed by atoms with E-state index in [1.807, 2.05) is 6.92 Å². The van der Waals surface area contributed by atoms with E-state index >= 15 is 4.39 Å². The summed E-state index contributed by atoms with van der Waals surface area (Å²) in [5, 5.41) is 13.2. The van der Waals surface area contributed by atoms with Crippen molar-refractivity contribution in [2.45, 2.75) is 13.1 Å². The number of alkyl halides is 3. The third kappa shape index (κ3) is 5.93. The molecule has 0 aliphatic heterocycles. The van der Waals surface area contributed by atoms with Gasteiger partial charge in [-0.15, -0.1) is 0 Å². The highest BCUT2D eigenvalue weighted by Crippen LogP contribution is 2.38. The van der Waals surface area contributed by atoms with Gasteiger partial charge >= 0.3 is 6.18 Å². The number of amides is 1. The highest BCUT2D eigenvalue weighted by molar-refractivity contribution is 6.11. The van der Waals surface area contributed by atoms with Crippen molar-refractivity contribution in [3.8, 4) is 11.5 Å². The van der Waals surface area contributed by atoms with Gasteiger partial charge in [0, 0.05) is 17.3 Å². The normalized spacial score (nSPS) is 11.1. The van der Waals surface area contributed by atoms with Gasteiger partial charge in [-0.3, -0.25) is 19.7 Å². The molecule has 0 unspecified atom stereocenters.